The van der Waals surface area contributed by atoms with E-state index in [-0.39, 0.29) is 18.0 Å². The average molecular weight is 394 g/mol. The van der Waals surface area contributed by atoms with E-state index in [0.717, 1.165) is 48.3 Å². The number of amides is 1. The van der Waals surface area contributed by atoms with Gasteiger partial charge in [-0.3, -0.25) is 4.79 Å². The van der Waals surface area contributed by atoms with Gasteiger partial charge in [-0.2, -0.15) is 4.80 Å². The van der Waals surface area contributed by atoms with Crippen LogP contribution in [0.25, 0.3) is 11.4 Å². The van der Waals surface area contributed by atoms with E-state index in [9.17, 15) is 4.79 Å². The SMILES string of the molecule is Cc1noc(C)c1CCC(=O)NC1CCC(n2nnc(-c3ccccc3)n2)CC1. The third-order valence-electron chi connectivity index (χ3n) is 5.63. The van der Waals surface area contributed by atoms with Crippen molar-refractivity contribution >= 4 is 5.91 Å². The molecule has 1 aliphatic rings. The summed E-state index contributed by atoms with van der Waals surface area (Å²) < 4.78 is 5.16. The second kappa shape index (κ2) is 8.55. The van der Waals surface area contributed by atoms with Crippen LogP contribution in [0.5, 0.6) is 0 Å². The number of aryl methyl sites for hydroxylation is 2. The fraction of sp³-hybridized carbons (Fsp3) is 0.476. The molecular formula is C21H26N6O2. The number of carbonyl (C=O) groups excluding carboxylic acids is 1. The lowest BCUT2D eigenvalue weighted by atomic mass is 9.91. The van der Waals surface area contributed by atoms with Crippen molar-refractivity contribution in [2.75, 3.05) is 0 Å². The van der Waals surface area contributed by atoms with E-state index in [1.54, 1.807) is 4.80 Å². The van der Waals surface area contributed by atoms with Crippen molar-refractivity contribution in [1.82, 2.24) is 30.7 Å². The Morgan fingerprint density at radius 2 is 1.93 bits per heavy atom. The van der Waals surface area contributed by atoms with Crippen LogP contribution in [0.2, 0.25) is 0 Å². The summed E-state index contributed by atoms with van der Waals surface area (Å²) in [5, 5.41) is 20.1. The summed E-state index contributed by atoms with van der Waals surface area (Å²) in [6, 6.07) is 10.3. The minimum Gasteiger partial charge on any atom is -0.361 e. The van der Waals surface area contributed by atoms with Crippen molar-refractivity contribution in [2.45, 2.75) is 64.5 Å². The molecule has 8 nitrogen and oxygen atoms in total. The number of benzene rings is 1. The van der Waals surface area contributed by atoms with Gasteiger partial charge in [0.05, 0.1) is 11.7 Å². The molecule has 29 heavy (non-hydrogen) atoms. The number of hydrogen-bond acceptors (Lipinski definition) is 6. The summed E-state index contributed by atoms with van der Waals surface area (Å²) in [5.74, 6) is 1.53. The number of tetrazole rings is 1. The van der Waals surface area contributed by atoms with Crippen LogP contribution in [-0.4, -0.2) is 37.3 Å². The van der Waals surface area contributed by atoms with Gasteiger partial charge in [0, 0.05) is 23.6 Å². The van der Waals surface area contributed by atoms with Gasteiger partial charge >= 0.3 is 0 Å². The van der Waals surface area contributed by atoms with E-state index in [1.165, 1.54) is 0 Å². The molecule has 8 heteroatoms. The maximum Gasteiger partial charge on any atom is 0.220 e. The molecule has 1 aromatic carbocycles. The Bertz CT molecular complexity index is 937. The Morgan fingerprint density at radius 1 is 1.17 bits per heavy atom. The third kappa shape index (κ3) is 4.52. The summed E-state index contributed by atoms with van der Waals surface area (Å²) in [7, 11) is 0. The Balaban J connectivity index is 1.25. The molecule has 0 atom stereocenters. The standard InChI is InChI=1S/C21H26N6O2/c1-14-19(15(2)29-25-14)12-13-20(28)22-17-8-10-18(11-9-17)27-24-21(23-26-27)16-6-4-3-5-7-16/h3-7,17-18H,8-13H2,1-2H3,(H,22,28). The molecule has 4 rings (SSSR count). The molecule has 0 radical (unpaired) electrons. The number of hydrogen-bond donors (Lipinski definition) is 1. The van der Waals surface area contributed by atoms with Crippen molar-refractivity contribution in [2.24, 2.45) is 0 Å². The second-order valence-electron chi connectivity index (χ2n) is 7.68. The van der Waals surface area contributed by atoms with Crippen LogP contribution in [0, 0.1) is 13.8 Å². The maximum atomic E-state index is 12.3. The zero-order chi connectivity index (χ0) is 20.2. The molecule has 2 heterocycles. The van der Waals surface area contributed by atoms with Crippen molar-refractivity contribution in [3.05, 3.63) is 47.3 Å². The molecule has 0 saturated heterocycles. The van der Waals surface area contributed by atoms with E-state index >= 15 is 0 Å². The molecule has 1 fully saturated rings. The first-order valence-electron chi connectivity index (χ1n) is 10.2. The van der Waals surface area contributed by atoms with Gasteiger partial charge in [0.2, 0.25) is 11.7 Å². The van der Waals surface area contributed by atoms with Gasteiger partial charge in [-0.25, -0.2) is 0 Å². The van der Waals surface area contributed by atoms with Crippen LogP contribution < -0.4 is 5.32 Å². The van der Waals surface area contributed by atoms with Crippen molar-refractivity contribution in [3.63, 3.8) is 0 Å². The zero-order valence-electron chi connectivity index (χ0n) is 16.8. The predicted molar refractivity (Wildman–Crippen MR) is 107 cm³/mol. The van der Waals surface area contributed by atoms with Crippen molar-refractivity contribution in [1.29, 1.82) is 0 Å². The summed E-state index contributed by atoms with van der Waals surface area (Å²) in [6.07, 6.45) is 4.81. The molecule has 152 valence electrons. The minimum atomic E-state index is 0.0821. The molecule has 3 aromatic rings. The summed E-state index contributed by atoms with van der Waals surface area (Å²) in [4.78, 5) is 14.1. The minimum absolute atomic E-state index is 0.0821. The van der Waals surface area contributed by atoms with Crippen LogP contribution in [-0.2, 0) is 11.2 Å². The smallest absolute Gasteiger partial charge is 0.220 e. The largest absolute Gasteiger partial charge is 0.361 e. The summed E-state index contributed by atoms with van der Waals surface area (Å²) in [5.41, 5.74) is 2.87. The lowest BCUT2D eigenvalue weighted by molar-refractivity contribution is -0.122. The first-order valence-corrected chi connectivity index (χ1v) is 10.2. The van der Waals surface area contributed by atoms with E-state index in [2.05, 4.69) is 25.9 Å². The third-order valence-corrected chi connectivity index (χ3v) is 5.63. The number of nitrogens with zero attached hydrogens (tertiary/aromatic N) is 5. The van der Waals surface area contributed by atoms with Gasteiger partial charge in [0.15, 0.2) is 0 Å². The number of rotatable bonds is 6. The van der Waals surface area contributed by atoms with Crippen LogP contribution >= 0.6 is 0 Å². The molecule has 0 aliphatic heterocycles. The molecular weight excluding hydrogens is 368 g/mol. The molecule has 0 unspecified atom stereocenters. The highest BCUT2D eigenvalue weighted by Gasteiger charge is 2.25. The van der Waals surface area contributed by atoms with Crippen molar-refractivity contribution in [3.8, 4) is 11.4 Å². The fourth-order valence-corrected chi connectivity index (χ4v) is 3.93. The fourth-order valence-electron chi connectivity index (χ4n) is 3.93. The summed E-state index contributed by atoms with van der Waals surface area (Å²) in [6.45, 7) is 3.79. The monoisotopic (exact) mass is 394 g/mol. The zero-order valence-corrected chi connectivity index (χ0v) is 16.8. The van der Waals surface area contributed by atoms with Crippen LogP contribution in [0.1, 0.15) is 55.2 Å². The molecule has 0 spiro atoms. The van der Waals surface area contributed by atoms with Gasteiger partial charge in [-0.05, 0) is 51.2 Å². The quantitative estimate of drug-likeness (QED) is 0.689. The topological polar surface area (TPSA) is 98.7 Å². The highest BCUT2D eigenvalue weighted by atomic mass is 16.5. The molecule has 2 aromatic heterocycles. The molecule has 1 aliphatic carbocycles. The predicted octanol–water partition coefficient (Wildman–Crippen LogP) is 3.18. The van der Waals surface area contributed by atoms with Crippen molar-refractivity contribution < 1.29 is 9.32 Å². The van der Waals surface area contributed by atoms with Gasteiger partial charge in [0.25, 0.3) is 0 Å². The van der Waals surface area contributed by atoms with E-state index in [1.807, 2.05) is 44.2 Å². The molecule has 1 amide bonds. The van der Waals surface area contributed by atoms with E-state index in [0.29, 0.717) is 18.7 Å². The Morgan fingerprint density at radius 3 is 2.62 bits per heavy atom. The molecule has 1 saturated carbocycles. The Labute approximate surface area is 169 Å². The van der Waals surface area contributed by atoms with Gasteiger partial charge in [0.1, 0.15) is 5.76 Å². The van der Waals surface area contributed by atoms with Gasteiger partial charge in [-0.15, -0.1) is 10.2 Å². The number of carbonyl (C=O) groups is 1. The highest BCUT2D eigenvalue weighted by molar-refractivity contribution is 5.76. The number of aromatic nitrogens is 5. The van der Waals surface area contributed by atoms with Gasteiger partial charge < -0.3 is 9.84 Å². The lowest BCUT2D eigenvalue weighted by Crippen LogP contribution is -2.38. The maximum absolute atomic E-state index is 12.3. The average Bonchev–Trinajstić information content (AvgIpc) is 3.35. The Kier molecular flexibility index (Phi) is 5.69. The van der Waals surface area contributed by atoms with E-state index < -0.39 is 0 Å². The second-order valence-corrected chi connectivity index (χ2v) is 7.68. The molecule has 0 bridgehead atoms. The highest BCUT2D eigenvalue weighted by Crippen LogP contribution is 2.28. The first kappa shape index (κ1) is 19.3. The van der Waals surface area contributed by atoms with Crippen LogP contribution in [0.15, 0.2) is 34.9 Å². The lowest BCUT2D eigenvalue weighted by Gasteiger charge is -2.28. The Hall–Kier alpha value is -3.03. The van der Waals surface area contributed by atoms with E-state index in [4.69, 9.17) is 4.52 Å². The normalized spacial score (nSPS) is 19.2. The van der Waals surface area contributed by atoms with Crippen LogP contribution in [0.4, 0.5) is 0 Å². The van der Waals surface area contributed by atoms with Gasteiger partial charge in [-0.1, -0.05) is 35.5 Å². The summed E-state index contributed by atoms with van der Waals surface area (Å²) >= 11 is 0. The van der Waals surface area contributed by atoms with Crippen LogP contribution in [0.3, 0.4) is 0 Å². The first-order chi connectivity index (χ1) is 14.1. The number of nitrogens with one attached hydrogen (secondary N) is 1. The molecule has 1 N–H and O–H groups in total.